The van der Waals surface area contributed by atoms with Gasteiger partial charge >= 0.3 is 5.97 Å². The first-order valence-electron chi connectivity index (χ1n) is 6.25. The smallest absolute Gasteiger partial charge is 0.354 e. The van der Waals surface area contributed by atoms with Crippen molar-refractivity contribution < 1.29 is 14.6 Å². The Labute approximate surface area is 117 Å². The Balaban J connectivity index is 1.87. The van der Waals surface area contributed by atoms with Crippen molar-refractivity contribution in [3.05, 3.63) is 53.9 Å². The number of aromatic nitrogens is 1. The summed E-state index contributed by atoms with van der Waals surface area (Å²) >= 11 is 0. The summed E-state index contributed by atoms with van der Waals surface area (Å²) in [5, 5.41) is 12.0. The van der Waals surface area contributed by atoms with Crippen LogP contribution in [-0.2, 0) is 6.42 Å². The van der Waals surface area contributed by atoms with E-state index in [-0.39, 0.29) is 5.69 Å². The van der Waals surface area contributed by atoms with Crippen molar-refractivity contribution >= 4 is 11.7 Å². The average Bonchev–Trinajstić information content (AvgIpc) is 2.48. The highest BCUT2D eigenvalue weighted by molar-refractivity contribution is 5.85. The van der Waals surface area contributed by atoms with Crippen LogP contribution in [0.15, 0.2) is 42.6 Å². The molecule has 0 unspecified atom stereocenters. The monoisotopic (exact) mass is 272 g/mol. The maximum atomic E-state index is 10.7. The number of nitrogens with one attached hydrogen (secondary N) is 1. The van der Waals surface area contributed by atoms with Crippen molar-refractivity contribution in [2.45, 2.75) is 6.42 Å². The molecule has 0 aliphatic rings. The number of carboxylic acid groups (broad SMARTS) is 1. The molecule has 5 nitrogen and oxygen atoms in total. The number of carbonyl (C=O) groups is 1. The van der Waals surface area contributed by atoms with Crippen molar-refractivity contribution in [2.24, 2.45) is 0 Å². The van der Waals surface area contributed by atoms with Crippen LogP contribution in [-0.4, -0.2) is 29.7 Å². The van der Waals surface area contributed by atoms with E-state index in [2.05, 4.69) is 10.3 Å². The Kier molecular flexibility index (Phi) is 4.55. The first-order chi connectivity index (χ1) is 9.69. The summed E-state index contributed by atoms with van der Waals surface area (Å²) in [5.41, 5.74) is 2.02. The second kappa shape index (κ2) is 6.56. The minimum Gasteiger partial charge on any atom is -0.497 e. The van der Waals surface area contributed by atoms with E-state index in [1.807, 2.05) is 24.3 Å². The fourth-order valence-electron chi connectivity index (χ4n) is 1.80. The van der Waals surface area contributed by atoms with Gasteiger partial charge in [0.05, 0.1) is 19.0 Å². The van der Waals surface area contributed by atoms with Gasteiger partial charge in [0.15, 0.2) is 0 Å². The Morgan fingerprint density at radius 2 is 2.20 bits per heavy atom. The van der Waals surface area contributed by atoms with E-state index in [1.54, 1.807) is 13.2 Å². The molecule has 0 aliphatic carbocycles. The number of methoxy groups -OCH3 is 1. The normalized spacial score (nSPS) is 10.1. The molecule has 2 aromatic rings. The van der Waals surface area contributed by atoms with Gasteiger partial charge in [-0.15, -0.1) is 0 Å². The molecule has 0 amide bonds. The molecule has 0 saturated carbocycles. The molecule has 0 aliphatic heterocycles. The Morgan fingerprint density at radius 3 is 2.85 bits per heavy atom. The number of rotatable bonds is 6. The molecule has 0 radical (unpaired) electrons. The van der Waals surface area contributed by atoms with Crippen molar-refractivity contribution in [1.82, 2.24) is 4.98 Å². The number of aromatic carboxylic acids is 1. The van der Waals surface area contributed by atoms with Gasteiger partial charge < -0.3 is 15.2 Å². The van der Waals surface area contributed by atoms with Crippen LogP contribution in [0.3, 0.4) is 0 Å². The van der Waals surface area contributed by atoms with Crippen LogP contribution in [0.1, 0.15) is 16.1 Å². The zero-order valence-corrected chi connectivity index (χ0v) is 11.2. The fraction of sp³-hybridized carbons (Fsp3) is 0.200. The third-order valence-corrected chi connectivity index (χ3v) is 2.86. The molecule has 2 N–H and O–H groups in total. The lowest BCUT2D eigenvalue weighted by Gasteiger charge is -2.07. The van der Waals surface area contributed by atoms with E-state index in [0.717, 1.165) is 24.4 Å². The van der Waals surface area contributed by atoms with Gasteiger partial charge in [-0.3, -0.25) is 0 Å². The quantitative estimate of drug-likeness (QED) is 0.845. The van der Waals surface area contributed by atoms with Gasteiger partial charge in [0.2, 0.25) is 0 Å². The third kappa shape index (κ3) is 3.71. The molecule has 0 fully saturated rings. The lowest BCUT2D eigenvalue weighted by Crippen LogP contribution is -2.06. The predicted molar refractivity (Wildman–Crippen MR) is 76.4 cm³/mol. The molecule has 0 saturated heterocycles. The number of benzene rings is 1. The van der Waals surface area contributed by atoms with Crippen molar-refractivity contribution in [1.29, 1.82) is 0 Å². The minimum atomic E-state index is -1.02. The molecule has 1 aromatic heterocycles. The highest BCUT2D eigenvalue weighted by atomic mass is 16.5. The second-order valence-corrected chi connectivity index (χ2v) is 4.27. The highest BCUT2D eigenvalue weighted by Crippen LogP contribution is 2.13. The zero-order chi connectivity index (χ0) is 14.4. The standard InChI is InChI=1S/C15H16N2O3/c1-20-13-4-2-3-11(9-13)7-8-16-12-5-6-14(15(18)19)17-10-12/h2-6,9-10,16H,7-8H2,1H3,(H,18,19). The molecule has 20 heavy (non-hydrogen) atoms. The molecule has 5 heteroatoms. The first kappa shape index (κ1) is 13.9. The summed E-state index contributed by atoms with van der Waals surface area (Å²) < 4.78 is 5.17. The molecular weight excluding hydrogens is 256 g/mol. The molecule has 0 spiro atoms. The summed E-state index contributed by atoms with van der Waals surface area (Å²) in [5.74, 6) is -0.178. The first-order valence-corrected chi connectivity index (χ1v) is 6.25. The van der Waals surface area contributed by atoms with Crippen molar-refractivity contribution in [3.63, 3.8) is 0 Å². The van der Waals surface area contributed by atoms with Gasteiger partial charge in [0.25, 0.3) is 0 Å². The Hall–Kier alpha value is -2.56. The molecule has 1 heterocycles. The summed E-state index contributed by atoms with van der Waals surface area (Å²) in [6.07, 6.45) is 2.37. The van der Waals surface area contributed by atoms with Gasteiger partial charge in [-0.25, -0.2) is 9.78 Å². The van der Waals surface area contributed by atoms with Gasteiger partial charge in [-0.2, -0.15) is 0 Å². The molecule has 0 bridgehead atoms. The summed E-state index contributed by atoms with van der Waals surface area (Å²) in [6.45, 7) is 0.737. The number of nitrogens with zero attached hydrogens (tertiary/aromatic N) is 1. The largest absolute Gasteiger partial charge is 0.497 e. The number of pyridine rings is 1. The molecular formula is C15H16N2O3. The molecule has 0 atom stereocenters. The van der Waals surface area contributed by atoms with E-state index in [4.69, 9.17) is 9.84 Å². The van der Waals surface area contributed by atoms with Crippen molar-refractivity contribution in [3.8, 4) is 5.75 Å². The molecule has 104 valence electrons. The van der Waals surface area contributed by atoms with E-state index >= 15 is 0 Å². The van der Waals surface area contributed by atoms with Crippen LogP contribution in [0, 0.1) is 0 Å². The maximum Gasteiger partial charge on any atom is 0.354 e. The summed E-state index contributed by atoms with van der Waals surface area (Å²) in [6, 6.07) is 11.1. The second-order valence-electron chi connectivity index (χ2n) is 4.27. The number of ether oxygens (including phenoxy) is 1. The summed E-state index contributed by atoms with van der Waals surface area (Å²) in [4.78, 5) is 14.5. The van der Waals surface area contributed by atoms with E-state index in [9.17, 15) is 4.79 Å². The lowest BCUT2D eigenvalue weighted by atomic mass is 10.1. The van der Waals surface area contributed by atoms with Gasteiger partial charge in [0.1, 0.15) is 11.4 Å². The fourth-order valence-corrected chi connectivity index (χ4v) is 1.80. The number of carboxylic acids is 1. The van der Waals surface area contributed by atoms with E-state index in [1.165, 1.54) is 17.8 Å². The number of hydrogen-bond donors (Lipinski definition) is 2. The molecule has 1 aromatic carbocycles. The van der Waals surface area contributed by atoms with Gasteiger partial charge in [0, 0.05) is 6.54 Å². The maximum absolute atomic E-state index is 10.7. The minimum absolute atomic E-state index is 0.0448. The van der Waals surface area contributed by atoms with Gasteiger partial charge in [-0.1, -0.05) is 12.1 Å². The van der Waals surface area contributed by atoms with E-state index in [0.29, 0.717) is 0 Å². The van der Waals surface area contributed by atoms with E-state index < -0.39 is 5.97 Å². The van der Waals surface area contributed by atoms with Gasteiger partial charge in [-0.05, 0) is 36.2 Å². The van der Waals surface area contributed by atoms with Crippen LogP contribution >= 0.6 is 0 Å². The Bertz CT molecular complexity index is 582. The van der Waals surface area contributed by atoms with Crippen LogP contribution < -0.4 is 10.1 Å². The Morgan fingerprint density at radius 1 is 1.35 bits per heavy atom. The van der Waals surface area contributed by atoms with Crippen LogP contribution in [0.2, 0.25) is 0 Å². The van der Waals surface area contributed by atoms with Crippen LogP contribution in [0.4, 0.5) is 5.69 Å². The van der Waals surface area contributed by atoms with Crippen molar-refractivity contribution in [2.75, 3.05) is 19.0 Å². The number of anilines is 1. The third-order valence-electron chi connectivity index (χ3n) is 2.86. The zero-order valence-electron chi connectivity index (χ0n) is 11.2. The van der Waals surface area contributed by atoms with Crippen LogP contribution in [0.25, 0.3) is 0 Å². The SMILES string of the molecule is COc1cccc(CCNc2ccc(C(=O)O)nc2)c1. The number of hydrogen-bond acceptors (Lipinski definition) is 4. The topological polar surface area (TPSA) is 71.5 Å². The average molecular weight is 272 g/mol. The summed E-state index contributed by atoms with van der Waals surface area (Å²) in [7, 11) is 1.65. The highest BCUT2D eigenvalue weighted by Gasteiger charge is 2.03. The van der Waals surface area contributed by atoms with Crippen LogP contribution in [0.5, 0.6) is 5.75 Å². The predicted octanol–water partition coefficient (Wildman–Crippen LogP) is 2.44. The molecule has 2 rings (SSSR count). The lowest BCUT2D eigenvalue weighted by molar-refractivity contribution is 0.0690.